The lowest BCUT2D eigenvalue weighted by Crippen LogP contribution is -2.33. The number of carbonyl (C=O) groups excluding carboxylic acids is 1. The SMILES string of the molecule is C=C(C)C(=O)OC(C)C(O)COc1ccccc1. The van der Waals surface area contributed by atoms with Gasteiger partial charge in [-0.1, -0.05) is 24.8 Å². The fourth-order valence-electron chi connectivity index (χ4n) is 1.18. The molecule has 0 spiro atoms. The van der Waals surface area contributed by atoms with Crippen LogP contribution in [0.1, 0.15) is 13.8 Å². The van der Waals surface area contributed by atoms with Crippen molar-refractivity contribution in [2.45, 2.75) is 26.1 Å². The standard InChI is InChI=1S/C14H18O4/c1-10(2)14(16)18-11(3)13(15)9-17-12-7-5-4-6-8-12/h4-8,11,13,15H,1,9H2,2-3H3. The van der Waals surface area contributed by atoms with Crippen molar-refractivity contribution in [3.63, 3.8) is 0 Å². The Hall–Kier alpha value is -1.81. The number of para-hydroxylation sites is 1. The zero-order chi connectivity index (χ0) is 13.5. The van der Waals surface area contributed by atoms with Gasteiger partial charge >= 0.3 is 5.97 Å². The van der Waals surface area contributed by atoms with Gasteiger partial charge in [0, 0.05) is 5.57 Å². The maximum Gasteiger partial charge on any atom is 0.333 e. The van der Waals surface area contributed by atoms with Crippen molar-refractivity contribution in [3.05, 3.63) is 42.5 Å². The quantitative estimate of drug-likeness (QED) is 0.619. The third kappa shape index (κ3) is 4.59. The first-order valence-corrected chi connectivity index (χ1v) is 5.73. The van der Waals surface area contributed by atoms with Gasteiger partial charge in [0.1, 0.15) is 24.6 Å². The molecule has 0 aromatic heterocycles. The summed E-state index contributed by atoms with van der Waals surface area (Å²) in [4.78, 5) is 11.3. The number of hydrogen-bond acceptors (Lipinski definition) is 4. The molecule has 1 rings (SSSR count). The van der Waals surface area contributed by atoms with Crippen LogP contribution < -0.4 is 4.74 Å². The van der Waals surface area contributed by atoms with Crippen molar-refractivity contribution in [3.8, 4) is 5.75 Å². The molecule has 1 aromatic carbocycles. The van der Waals surface area contributed by atoms with E-state index in [1.807, 2.05) is 18.2 Å². The molecule has 1 aromatic rings. The van der Waals surface area contributed by atoms with Crippen LogP contribution in [0, 0.1) is 0 Å². The fraction of sp³-hybridized carbons (Fsp3) is 0.357. The monoisotopic (exact) mass is 250 g/mol. The molecular weight excluding hydrogens is 232 g/mol. The molecular formula is C14H18O4. The number of hydrogen-bond donors (Lipinski definition) is 1. The molecule has 2 unspecified atom stereocenters. The van der Waals surface area contributed by atoms with E-state index in [9.17, 15) is 9.90 Å². The van der Waals surface area contributed by atoms with Crippen molar-refractivity contribution in [1.82, 2.24) is 0 Å². The predicted octanol–water partition coefficient (Wildman–Crippen LogP) is 1.93. The lowest BCUT2D eigenvalue weighted by Gasteiger charge is -2.19. The summed E-state index contributed by atoms with van der Waals surface area (Å²) in [5.41, 5.74) is 0.304. The maximum absolute atomic E-state index is 11.3. The van der Waals surface area contributed by atoms with Gasteiger partial charge in [-0.25, -0.2) is 4.79 Å². The zero-order valence-corrected chi connectivity index (χ0v) is 10.6. The molecule has 0 aliphatic rings. The number of aliphatic hydroxyl groups excluding tert-OH is 1. The Morgan fingerprint density at radius 2 is 2.00 bits per heavy atom. The van der Waals surface area contributed by atoms with Crippen LogP contribution in [0.4, 0.5) is 0 Å². The fourth-order valence-corrected chi connectivity index (χ4v) is 1.18. The minimum atomic E-state index is -0.881. The van der Waals surface area contributed by atoms with Crippen molar-refractivity contribution in [2.75, 3.05) is 6.61 Å². The smallest absolute Gasteiger partial charge is 0.333 e. The van der Waals surface area contributed by atoms with E-state index < -0.39 is 18.2 Å². The van der Waals surface area contributed by atoms with Gasteiger partial charge in [0.2, 0.25) is 0 Å². The highest BCUT2D eigenvalue weighted by molar-refractivity contribution is 5.87. The summed E-state index contributed by atoms with van der Waals surface area (Å²) in [6, 6.07) is 9.13. The van der Waals surface area contributed by atoms with Gasteiger partial charge in [0.05, 0.1) is 0 Å². The van der Waals surface area contributed by atoms with E-state index in [4.69, 9.17) is 9.47 Å². The molecule has 4 heteroatoms. The highest BCUT2D eigenvalue weighted by atomic mass is 16.6. The van der Waals surface area contributed by atoms with Crippen LogP contribution in [0.25, 0.3) is 0 Å². The minimum Gasteiger partial charge on any atom is -0.491 e. The molecule has 1 N–H and O–H groups in total. The molecule has 0 heterocycles. The Kier molecular flexibility index (Phi) is 5.39. The summed E-state index contributed by atoms with van der Waals surface area (Å²) in [7, 11) is 0. The third-order valence-corrected chi connectivity index (χ3v) is 2.35. The lowest BCUT2D eigenvalue weighted by atomic mass is 10.2. The van der Waals surface area contributed by atoms with E-state index in [-0.39, 0.29) is 6.61 Å². The van der Waals surface area contributed by atoms with Gasteiger partial charge in [-0.05, 0) is 26.0 Å². The largest absolute Gasteiger partial charge is 0.491 e. The van der Waals surface area contributed by atoms with Crippen LogP contribution in [-0.4, -0.2) is 29.9 Å². The van der Waals surface area contributed by atoms with Gasteiger partial charge in [0.15, 0.2) is 0 Å². The average molecular weight is 250 g/mol. The maximum atomic E-state index is 11.3. The van der Waals surface area contributed by atoms with E-state index in [1.54, 1.807) is 26.0 Å². The van der Waals surface area contributed by atoms with E-state index >= 15 is 0 Å². The molecule has 0 saturated carbocycles. The highest BCUT2D eigenvalue weighted by Gasteiger charge is 2.19. The summed E-state index contributed by atoms with van der Waals surface area (Å²) >= 11 is 0. The van der Waals surface area contributed by atoms with Gasteiger partial charge in [-0.2, -0.15) is 0 Å². The topological polar surface area (TPSA) is 55.8 Å². The summed E-state index contributed by atoms with van der Waals surface area (Å²) in [6.45, 7) is 6.71. The van der Waals surface area contributed by atoms with Crippen LogP contribution in [0.5, 0.6) is 5.75 Å². The molecule has 98 valence electrons. The lowest BCUT2D eigenvalue weighted by molar-refractivity contribution is -0.149. The molecule has 0 aliphatic carbocycles. The molecule has 0 fully saturated rings. The zero-order valence-electron chi connectivity index (χ0n) is 10.6. The van der Waals surface area contributed by atoms with Gasteiger partial charge in [-0.15, -0.1) is 0 Å². The van der Waals surface area contributed by atoms with Crippen LogP contribution >= 0.6 is 0 Å². The number of carbonyl (C=O) groups is 1. The minimum absolute atomic E-state index is 0.0641. The number of benzene rings is 1. The van der Waals surface area contributed by atoms with Crippen molar-refractivity contribution >= 4 is 5.97 Å². The van der Waals surface area contributed by atoms with E-state index in [1.165, 1.54) is 0 Å². The second-order valence-corrected chi connectivity index (χ2v) is 4.08. The first-order valence-electron chi connectivity index (χ1n) is 5.73. The molecule has 2 atom stereocenters. The molecule has 18 heavy (non-hydrogen) atoms. The Balaban J connectivity index is 2.38. The van der Waals surface area contributed by atoms with E-state index in [0.717, 1.165) is 0 Å². The van der Waals surface area contributed by atoms with Crippen LogP contribution in [-0.2, 0) is 9.53 Å². The van der Waals surface area contributed by atoms with Gasteiger partial charge < -0.3 is 14.6 Å². The second kappa shape index (κ2) is 6.81. The second-order valence-electron chi connectivity index (χ2n) is 4.08. The molecule has 0 saturated heterocycles. The summed E-state index contributed by atoms with van der Waals surface area (Å²) in [6.07, 6.45) is -1.52. The highest BCUT2D eigenvalue weighted by Crippen LogP contribution is 2.10. The third-order valence-electron chi connectivity index (χ3n) is 2.35. The van der Waals surface area contributed by atoms with Gasteiger partial charge in [-0.3, -0.25) is 0 Å². The summed E-state index contributed by atoms with van der Waals surface area (Å²) in [5, 5.41) is 9.78. The Labute approximate surface area is 107 Å². The van der Waals surface area contributed by atoms with Crippen LogP contribution in [0.15, 0.2) is 42.5 Å². The number of aliphatic hydroxyl groups is 1. The number of ether oxygens (including phenoxy) is 2. The first-order chi connectivity index (χ1) is 8.50. The molecule has 4 nitrogen and oxygen atoms in total. The van der Waals surface area contributed by atoms with Gasteiger partial charge in [0.25, 0.3) is 0 Å². The van der Waals surface area contributed by atoms with E-state index in [0.29, 0.717) is 11.3 Å². The molecule has 0 aliphatic heterocycles. The Bertz CT molecular complexity index is 400. The number of rotatable bonds is 6. The predicted molar refractivity (Wildman–Crippen MR) is 68.3 cm³/mol. The summed E-state index contributed by atoms with van der Waals surface area (Å²) < 4.78 is 10.4. The first kappa shape index (κ1) is 14.3. The Morgan fingerprint density at radius 1 is 1.39 bits per heavy atom. The Morgan fingerprint density at radius 3 is 2.56 bits per heavy atom. The van der Waals surface area contributed by atoms with Crippen LogP contribution in [0.2, 0.25) is 0 Å². The molecule has 0 bridgehead atoms. The number of esters is 1. The summed E-state index contributed by atoms with van der Waals surface area (Å²) in [5.74, 6) is 0.149. The molecule has 0 radical (unpaired) electrons. The normalized spacial score (nSPS) is 13.5. The van der Waals surface area contributed by atoms with Crippen molar-refractivity contribution < 1.29 is 19.4 Å². The van der Waals surface area contributed by atoms with Crippen LogP contribution in [0.3, 0.4) is 0 Å². The van der Waals surface area contributed by atoms with E-state index in [2.05, 4.69) is 6.58 Å². The molecule has 0 amide bonds. The van der Waals surface area contributed by atoms with Crippen molar-refractivity contribution in [1.29, 1.82) is 0 Å². The van der Waals surface area contributed by atoms with Crippen molar-refractivity contribution in [2.24, 2.45) is 0 Å². The average Bonchev–Trinajstić information content (AvgIpc) is 2.36.